The summed E-state index contributed by atoms with van der Waals surface area (Å²) in [6, 6.07) is 18.6. The van der Waals surface area contributed by atoms with Crippen molar-refractivity contribution in [2.24, 2.45) is 0 Å². The third-order valence-electron chi connectivity index (χ3n) is 5.28. The van der Waals surface area contributed by atoms with Crippen molar-refractivity contribution in [3.05, 3.63) is 88.0 Å². The van der Waals surface area contributed by atoms with Gasteiger partial charge in [0, 0.05) is 35.8 Å². The Balaban J connectivity index is 1.44. The first-order chi connectivity index (χ1) is 15.5. The molecule has 7 nitrogen and oxygen atoms in total. The van der Waals surface area contributed by atoms with Crippen molar-refractivity contribution >= 4 is 40.1 Å². The van der Waals surface area contributed by atoms with Crippen LogP contribution < -0.4 is 11.1 Å². The van der Waals surface area contributed by atoms with Crippen LogP contribution in [0.25, 0.3) is 28.0 Å². The second-order valence-corrected chi connectivity index (χ2v) is 7.97. The zero-order chi connectivity index (χ0) is 22.2. The molecule has 5 rings (SSSR count). The lowest BCUT2D eigenvalue weighted by Crippen LogP contribution is -2.20. The second-order valence-electron chi connectivity index (χ2n) is 7.54. The van der Waals surface area contributed by atoms with Crippen molar-refractivity contribution in [2.45, 2.75) is 19.9 Å². The van der Waals surface area contributed by atoms with Crippen LogP contribution in [0.1, 0.15) is 12.0 Å². The SMILES string of the molecule is Cc1ccn2c(NC(=O)CCn3c(=O)oc4cc(Cl)ccc43)c(-c3ccccc3)nc2c1. The first kappa shape index (κ1) is 20.1. The molecule has 0 atom stereocenters. The van der Waals surface area contributed by atoms with E-state index in [4.69, 9.17) is 21.0 Å². The average Bonchev–Trinajstić information content (AvgIpc) is 3.28. The number of anilines is 1. The van der Waals surface area contributed by atoms with Crippen LogP contribution in [-0.4, -0.2) is 19.9 Å². The lowest BCUT2D eigenvalue weighted by molar-refractivity contribution is -0.116. The summed E-state index contributed by atoms with van der Waals surface area (Å²) in [6.45, 7) is 2.17. The minimum absolute atomic E-state index is 0.0878. The molecular formula is C24H19ClN4O3. The molecule has 1 N–H and O–H groups in total. The predicted molar refractivity (Wildman–Crippen MR) is 124 cm³/mol. The first-order valence-electron chi connectivity index (χ1n) is 10.1. The highest BCUT2D eigenvalue weighted by molar-refractivity contribution is 6.31. The number of fused-ring (bicyclic) bond motifs is 2. The number of aryl methyl sites for hydroxylation is 2. The van der Waals surface area contributed by atoms with E-state index in [9.17, 15) is 9.59 Å². The Kier molecular flexibility index (Phi) is 5.03. The molecule has 8 heteroatoms. The van der Waals surface area contributed by atoms with Gasteiger partial charge in [0.2, 0.25) is 5.91 Å². The van der Waals surface area contributed by atoms with Gasteiger partial charge in [-0.2, -0.15) is 0 Å². The largest absolute Gasteiger partial charge is 0.419 e. The topological polar surface area (TPSA) is 81.5 Å². The summed E-state index contributed by atoms with van der Waals surface area (Å²) < 4.78 is 8.53. The number of oxazole rings is 1. The quantitative estimate of drug-likeness (QED) is 0.416. The standard InChI is InChI=1S/C24H19ClN4O3/c1-15-9-11-29-20(13-15)26-22(16-5-3-2-4-6-16)23(29)27-21(30)10-12-28-18-8-7-17(25)14-19(18)32-24(28)31/h2-9,11,13-14H,10,12H2,1H3,(H,27,30). The molecule has 32 heavy (non-hydrogen) atoms. The average molecular weight is 447 g/mol. The minimum atomic E-state index is -0.523. The summed E-state index contributed by atoms with van der Waals surface area (Å²) in [7, 11) is 0. The Labute approximate surface area is 187 Å². The molecule has 0 unspecified atom stereocenters. The van der Waals surface area contributed by atoms with E-state index in [0.29, 0.717) is 27.6 Å². The number of carbonyl (C=O) groups excluding carboxylic acids is 1. The fraction of sp³-hybridized carbons (Fsp3) is 0.125. The number of benzene rings is 2. The molecule has 0 radical (unpaired) electrons. The van der Waals surface area contributed by atoms with Crippen molar-refractivity contribution in [2.75, 3.05) is 5.32 Å². The van der Waals surface area contributed by atoms with Gasteiger partial charge in [0.15, 0.2) is 5.58 Å². The van der Waals surface area contributed by atoms with E-state index in [0.717, 1.165) is 16.8 Å². The van der Waals surface area contributed by atoms with Gasteiger partial charge in [-0.25, -0.2) is 9.78 Å². The lowest BCUT2D eigenvalue weighted by Gasteiger charge is -2.08. The van der Waals surface area contributed by atoms with Crippen LogP contribution in [0.15, 0.2) is 76.1 Å². The number of pyridine rings is 1. The lowest BCUT2D eigenvalue weighted by atomic mass is 10.1. The summed E-state index contributed by atoms with van der Waals surface area (Å²) in [5, 5.41) is 3.46. The van der Waals surface area contributed by atoms with E-state index in [1.165, 1.54) is 4.57 Å². The van der Waals surface area contributed by atoms with Gasteiger partial charge >= 0.3 is 5.76 Å². The van der Waals surface area contributed by atoms with E-state index >= 15 is 0 Å². The molecule has 0 aliphatic carbocycles. The molecule has 1 amide bonds. The molecule has 5 aromatic rings. The predicted octanol–water partition coefficient (Wildman–Crippen LogP) is 4.90. The number of carbonyl (C=O) groups is 1. The molecule has 3 aromatic heterocycles. The van der Waals surface area contributed by atoms with Gasteiger partial charge in [-0.1, -0.05) is 41.9 Å². The summed E-state index contributed by atoms with van der Waals surface area (Å²) in [4.78, 5) is 29.9. The maximum absolute atomic E-state index is 12.9. The maximum Gasteiger partial charge on any atom is 0.419 e. The normalized spacial score (nSPS) is 11.3. The smallest absolute Gasteiger partial charge is 0.408 e. The van der Waals surface area contributed by atoms with Crippen LogP contribution in [0.2, 0.25) is 5.02 Å². The Morgan fingerprint density at radius 3 is 2.75 bits per heavy atom. The molecule has 2 aromatic carbocycles. The summed E-state index contributed by atoms with van der Waals surface area (Å²) in [6.07, 6.45) is 1.97. The number of imidazole rings is 1. The van der Waals surface area contributed by atoms with Gasteiger partial charge in [0.1, 0.15) is 17.2 Å². The van der Waals surface area contributed by atoms with E-state index in [1.54, 1.807) is 18.2 Å². The summed E-state index contributed by atoms with van der Waals surface area (Å²) in [5.74, 6) is -0.169. The zero-order valence-electron chi connectivity index (χ0n) is 17.2. The molecule has 0 spiro atoms. The van der Waals surface area contributed by atoms with Crippen LogP contribution >= 0.6 is 11.6 Å². The molecule has 0 saturated heterocycles. The highest BCUT2D eigenvalue weighted by atomic mass is 35.5. The second kappa shape index (κ2) is 8.01. The van der Waals surface area contributed by atoms with Crippen molar-refractivity contribution < 1.29 is 9.21 Å². The van der Waals surface area contributed by atoms with Gasteiger partial charge in [0.05, 0.1) is 5.52 Å². The summed E-state index contributed by atoms with van der Waals surface area (Å²) >= 11 is 5.97. The highest BCUT2D eigenvalue weighted by Gasteiger charge is 2.17. The van der Waals surface area contributed by atoms with Crippen LogP contribution in [0, 0.1) is 6.92 Å². The van der Waals surface area contributed by atoms with E-state index in [2.05, 4.69) is 5.32 Å². The van der Waals surface area contributed by atoms with Crippen LogP contribution in [-0.2, 0) is 11.3 Å². The van der Waals surface area contributed by atoms with E-state index in [-0.39, 0.29) is 18.9 Å². The third kappa shape index (κ3) is 3.67. The highest BCUT2D eigenvalue weighted by Crippen LogP contribution is 2.29. The van der Waals surface area contributed by atoms with Crippen molar-refractivity contribution in [3.8, 4) is 11.3 Å². The van der Waals surface area contributed by atoms with E-state index in [1.807, 2.05) is 60.0 Å². The summed E-state index contributed by atoms with van der Waals surface area (Å²) in [5.41, 5.74) is 4.40. The van der Waals surface area contributed by atoms with Crippen LogP contribution in [0.3, 0.4) is 0 Å². The molecule has 0 fully saturated rings. The van der Waals surface area contributed by atoms with Crippen molar-refractivity contribution in [1.29, 1.82) is 0 Å². The number of rotatable bonds is 5. The fourth-order valence-corrected chi connectivity index (χ4v) is 3.89. The van der Waals surface area contributed by atoms with Gasteiger partial charge < -0.3 is 9.73 Å². The fourth-order valence-electron chi connectivity index (χ4n) is 3.72. The molecule has 0 bridgehead atoms. The minimum Gasteiger partial charge on any atom is -0.408 e. The van der Waals surface area contributed by atoms with E-state index < -0.39 is 5.76 Å². The van der Waals surface area contributed by atoms with Crippen molar-refractivity contribution in [1.82, 2.24) is 14.0 Å². The maximum atomic E-state index is 12.9. The number of hydrogen-bond acceptors (Lipinski definition) is 4. The van der Waals surface area contributed by atoms with Crippen LogP contribution in [0.4, 0.5) is 5.82 Å². The number of hydrogen-bond donors (Lipinski definition) is 1. The van der Waals surface area contributed by atoms with Crippen molar-refractivity contribution in [3.63, 3.8) is 0 Å². The Hall–Kier alpha value is -3.84. The third-order valence-corrected chi connectivity index (χ3v) is 5.51. The Morgan fingerprint density at radius 2 is 1.94 bits per heavy atom. The van der Waals surface area contributed by atoms with Crippen LogP contribution in [0.5, 0.6) is 0 Å². The number of aromatic nitrogens is 3. The number of nitrogens with zero attached hydrogens (tertiary/aromatic N) is 3. The molecule has 3 heterocycles. The Bertz CT molecular complexity index is 1520. The molecule has 0 aliphatic rings. The van der Waals surface area contributed by atoms with Gasteiger partial charge in [-0.05, 0) is 36.8 Å². The number of amides is 1. The molecule has 0 saturated carbocycles. The van der Waals surface area contributed by atoms with Gasteiger partial charge in [-0.3, -0.25) is 13.8 Å². The molecule has 0 aliphatic heterocycles. The molecule has 160 valence electrons. The van der Waals surface area contributed by atoms with Gasteiger partial charge in [-0.15, -0.1) is 0 Å². The van der Waals surface area contributed by atoms with Gasteiger partial charge in [0.25, 0.3) is 0 Å². The number of nitrogens with one attached hydrogen (secondary N) is 1. The zero-order valence-corrected chi connectivity index (χ0v) is 18.0. The first-order valence-corrected chi connectivity index (χ1v) is 10.5. The monoisotopic (exact) mass is 446 g/mol. The number of halogens is 1. The Morgan fingerprint density at radius 1 is 1.12 bits per heavy atom. The molecular weight excluding hydrogens is 428 g/mol.